The number of methoxy groups -OCH3 is 1. The van der Waals surface area contributed by atoms with Crippen LogP contribution in [0.15, 0.2) is 24.3 Å². The first-order valence-electron chi connectivity index (χ1n) is 6.90. The predicted octanol–water partition coefficient (Wildman–Crippen LogP) is 2.27. The second kappa shape index (κ2) is 6.76. The van der Waals surface area contributed by atoms with E-state index in [1.54, 1.807) is 7.11 Å². The fourth-order valence-electron chi connectivity index (χ4n) is 2.47. The van der Waals surface area contributed by atoms with Crippen LogP contribution in [0.4, 0.5) is 0 Å². The Morgan fingerprint density at radius 3 is 2.72 bits per heavy atom. The third-order valence-electron chi connectivity index (χ3n) is 3.71. The third-order valence-corrected chi connectivity index (χ3v) is 3.71. The van der Waals surface area contributed by atoms with Crippen molar-refractivity contribution in [2.45, 2.75) is 32.4 Å². The summed E-state index contributed by atoms with van der Waals surface area (Å²) in [6.45, 7) is 6.74. The molecule has 1 atom stereocenters. The molecule has 1 aromatic rings. The molecule has 1 heterocycles. The quantitative estimate of drug-likeness (QED) is 0.884. The molecule has 3 heteroatoms. The molecular formula is C15H24N2O. The highest BCUT2D eigenvalue weighted by atomic mass is 16.5. The van der Waals surface area contributed by atoms with E-state index in [2.05, 4.69) is 29.3 Å². The van der Waals surface area contributed by atoms with Gasteiger partial charge in [-0.3, -0.25) is 4.90 Å². The first-order chi connectivity index (χ1) is 8.81. The summed E-state index contributed by atoms with van der Waals surface area (Å²) in [6.07, 6.45) is 2.49. The van der Waals surface area contributed by atoms with Gasteiger partial charge in [0, 0.05) is 32.2 Å². The molecule has 1 unspecified atom stereocenters. The standard InChI is InChI=1S/C15H24N2O/c1-3-14-8-10-17(11-9-16-14)12-13-4-6-15(18-2)7-5-13/h4-7,14,16H,3,8-12H2,1-2H3. The van der Waals surface area contributed by atoms with Crippen molar-refractivity contribution in [2.75, 3.05) is 26.7 Å². The van der Waals surface area contributed by atoms with E-state index in [4.69, 9.17) is 4.74 Å². The van der Waals surface area contributed by atoms with Gasteiger partial charge in [0.25, 0.3) is 0 Å². The van der Waals surface area contributed by atoms with E-state index in [9.17, 15) is 0 Å². The number of hydrogen-bond acceptors (Lipinski definition) is 3. The molecule has 1 aliphatic heterocycles. The maximum Gasteiger partial charge on any atom is 0.118 e. The molecule has 100 valence electrons. The minimum atomic E-state index is 0.700. The molecule has 0 aromatic heterocycles. The zero-order chi connectivity index (χ0) is 12.8. The van der Waals surface area contributed by atoms with Crippen LogP contribution in [0, 0.1) is 0 Å². The van der Waals surface area contributed by atoms with Crippen LogP contribution in [-0.4, -0.2) is 37.7 Å². The summed E-state index contributed by atoms with van der Waals surface area (Å²) in [5.74, 6) is 0.933. The molecule has 3 nitrogen and oxygen atoms in total. The van der Waals surface area contributed by atoms with Gasteiger partial charge in [-0.2, -0.15) is 0 Å². The highest BCUT2D eigenvalue weighted by molar-refractivity contribution is 5.27. The van der Waals surface area contributed by atoms with E-state index < -0.39 is 0 Å². The molecule has 0 saturated carbocycles. The van der Waals surface area contributed by atoms with Crippen LogP contribution < -0.4 is 10.1 Å². The molecule has 0 amide bonds. The van der Waals surface area contributed by atoms with Gasteiger partial charge in [0.2, 0.25) is 0 Å². The van der Waals surface area contributed by atoms with Gasteiger partial charge in [-0.15, -0.1) is 0 Å². The highest BCUT2D eigenvalue weighted by Gasteiger charge is 2.14. The Kier molecular flexibility index (Phi) is 5.02. The molecule has 1 saturated heterocycles. The largest absolute Gasteiger partial charge is 0.497 e. The molecular weight excluding hydrogens is 224 g/mol. The highest BCUT2D eigenvalue weighted by Crippen LogP contribution is 2.14. The van der Waals surface area contributed by atoms with Gasteiger partial charge in [0.1, 0.15) is 5.75 Å². The Morgan fingerprint density at radius 1 is 1.28 bits per heavy atom. The monoisotopic (exact) mass is 248 g/mol. The van der Waals surface area contributed by atoms with Crippen molar-refractivity contribution in [1.29, 1.82) is 0 Å². The number of benzene rings is 1. The van der Waals surface area contributed by atoms with Gasteiger partial charge in [0.05, 0.1) is 7.11 Å². The molecule has 0 radical (unpaired) electrons. The van der Waals surface area contributed by atoms with Crippen molar-refractivity contribution in [2.24, 2.45) is 0 Å². The van der Waals surface area contributed by atoms with Gasteiger partial charge in [-0.05, 0) is 30.5 Å². The van der Waals surface area contributed by atoms with Crippen LogP contribution in [-0.2, 0) is 6.54 Å². The molecule has 1 N–H and O–H groups in total. The molecule has 0 aliphatic carbocycles. The molecule has 2 rings (SSSR count). The number of ether oxygens (including phenoxy) is 1. The van der Waals surface area contributed by atoms with Crippen LogP contribution in [0.2, 0.25) is 0 Å². The average Bonchev–Trinajstić information content (AvgIpc) is 2.65. The van der Waals surface area contributed by atoms with E-state index in [0.717, 1.165) is 25.4 Å². The molecule has 0 spiro atoms. The van der Waals surface area contributed by atoms with E-state index in [0.29, 0.717) is 6.04 Å². The van der Waals surface area contributed by atoms with Crippen LogP contribution >= 0.6 is 0 Å². The van der Waals surface area contributed by atoms with Crippen molar-refractivity contribution in [3.8, 4) is 5.75 Å². The Morgan fingerprint density at radius 2 is 2.06 bits per heavy atom. The second-order valence-corrected chi connectivity index (χ2v) is 4.97. The minimum Gasteiger partial charge on any atom is -0.497 e. The van der Waals surface area contributed by atoms with E-state index >= 15 is 0 Å². The Labute approximate surface area is 110 Å². The molecule has 18 heavy (non-hydrogen) atoms. The first kappa shape index (κ1) is 13.4. The lowest BCUT2D eigenvalue weighted by molar-refractivity contribution is 0.281. The fraction of sp³-hybridized carbons (Fsp3) is 0.600. The summed E-state index contributed by atoms with van der Waals surface area (Å²) in [4.78, 5) is 2.53. The number of rotatable bonds is 4. The van der Waals surface area contributed by atoms with Gasteiger partial charge >= 0.3 is 0 Å². The lowest BCUT2D eigenvalue weighted by Gasteiger charge is -2.19. The van der Waals surface area contributed by atoms with Crippen LogP contribution in [0.1, 0.15) is 25.3 Å². The topological polar surface area (TPSA) is 24.5 Å². The summed E-state index contributed by atoms with van der Waals surface area (Å²) < 4.78 is 5.18. The van der Waals surface area contributed by atoms with Gasteiger partial charge < -0.3 is 10.1 Å². The van der Waals surface area contributed by atoms with Crippen LogP contribution in [0.25, 0.3) is 0 Å². The Balaban J connectivity index is 1.88. The van der Waals surface area contributed by atoms with Crippen molar-refractivity contribution in [3.05, 3.63) is 29.8 Å². The zero-order valence-corrected chi connectivity index (χ0v) is 11.5. The SMILES string of the molecule is CCC1CCN(Cc2ccc(OC)cc2)CCN1. The predicted molar refractivity (Wildman–Crippen MR) is 75.0 cm³/mol. The number of nitrogens with zero attached hydrogens (tertiary/aromatic N) is 1. The lowest BCUT2D eigenvalue weighted by Crippen LogP contribution is -2.29. The lowest BCUT2D eigenvalue weighted by atomic mass is 10.1. The Bertz CT molecular complexity index is 350. The molecule has 1 fully saturated rings. The van der Waals surface area contributed by atoms with E-state index in [1.165, 1.54) is 24.9 Å². The summed E-state index contributed by atoms with van der Waals surface area (Å²) in [7, 11) is 1.71. The van der Waals surface area contributed by atoms with Crippen molar-refractivity contribution < 1.29 is 4.74 Å². The van der Waals surface area contributed by atoms with E-state index in [-0.39, 0.29) is 0 Å². The third kappa shape index (κ3) is 3.72. The zero-order valence-electron chi connectivity index (χ0n) is 11.5. The molecule has 0 bridgehead atoms. The summed E-state index contributed by atoms with van der Waals surface area (Å²) in [5.41, 5.74) is 1.37. The Hall–Kier alpha value is -1.06. The number of hydrogen-bond donors (Lipinski definition) is 1. The fourth-order valence-corrected chi connectivity index (χ4v) is 2.47. The summed E-state index contributed by atoms with van der Waals surface area (Å²) in [6, 6.07) is 9.11. The van der Waals surface area contributed by atoms with Crippen molar-refractivity contribution in [1.82, 2.24) is 10.2 Å². The maximum atomic E-state index is 5.18. The molecule has 1 aliphatic rings. The van der Waals surface area contributed by atoms with Gasteiger partial charge in [-0.1, -0.05) is 19.1 Å². The van der Waals surface area contributed by atoms with Crippen molar-refractivity contribution >= 4 is 0 Å². The van der Waals surface area contributed by atoms with Crippen molar-refractivity contribution in [3.63, 3.8) is 0 Å². The second-order valence-electron chi connectivity index (χ2n) is 4.97. The smallest absolute Gasteiger partial charge is 0.118 e. The average molecular weight is 248 g/mol. The minimum absolute atomic E-state index is 0.700. The molecule has 1 aromatic carbocycles. The normalized spacial score (nSPS) is 21.6. The maximum absolute atomic E-state index is 5.18. The van der Waals surface area contributed by atoms with Crippen LogP contribution in [0.5, 0.6) is 5.75 Å². The van der Waals surface area contributed by atoms with E-state index in [1.807, 2.05) is 12.1 Å². The van der Waals surface area contributed by atoms with Gasteiger partial charge in [0.15, 0.2) is 0 Å². The summed E-state index contributed by atoms with van der Waals surface area (Å²) in [5, 5.41) is 3.60. The van der Waals surface area contributed by atoms with Gasteiger partial charge in [-0.25, -0.2) is 0 Å². The number of nitrogens with one attached hydrogen (secondary N) is 1. The summed E-state index contributed by atoms with van der Waals surface area (Å²) >= 11 is 0. The van der Waals surface area contributed by atoms with Crippen LogP contribution in [0.3, 0.4) is 0 Å². The first-order valence-corrected chi connectivity index (χ1v) is 6.90.